The molecule has 0 spiro atoms. The number of carbonyl (C=O) groups is 3. The predicted molar refractivity (Wildman–Crippen MR) is 120 cm³/mol. The zero-order chi connectivity index (χ0) is 23.6. The molecular formula is C21H21BrN2O7S. The molecule has 1 aliphatic rings. The van der Waals surface area contributed by atoms with Gasteiger partial charge in [-0.05, 0) is 58.2 Å². The third kappa shape index (κ3) is 4.63. The van der Waals surface area contributed by atoms with Crippen molar-refractivity contribution in [2.45, 2.75) is 24.7 Å². The Bertz CT molecular complexity index is 1180. The van der Waals surface area contributed by atoms with Gasteiger partial charge < -0.3 is 14.4 Å². The van der Waals surface area contributed by atoms with Gasteiger partial charge in [0, 0.05) is 23.1 Å². The summed E-state index contributed by atoms with van der Waals surface area (Å²) in [6, 6.07) is 6.87. The van der Waals surface area contributed by atoms with Crippen LogP contribution in [0, 0.1) is 0 Å². The summed E-state index contributed by atoms with van der Waals surface area (Å²) in [5, 5.41) is 0. The molecule has 1 aliphatic heterocycles. The number of anilines is 2. The highest BCUT2D eigenvalue weighted by Gasteiger charge is 2.28. The third-order valence-corrected chi connectivity index (χ3v) is 7.29. The standard InChI is InChI=1S/C21H21BrN2O7S/c1-4-19(25)24-6-5-12-10-16(22)18(11-17(12)24)32(28,29)23-15-8-13(20(26)30-2)7-14(9-15)21(27)31-3/h7-11,23H,4-6H2,1-3H3. The fourth-order valence-electron chi connectivity index (χ4n) is 3.41. The van der Waals surface area contributed by atoms with E-state index in [-0.39, 0.29) is 27.6 Å². The molecule has 0 aliphatic carbocycles. The lowest BCUT2D eigenvalue weighted by atomic mass is 10.1. The van der Waals surface area contributed by atoms with Crippen LogP contribution in [0.3, 0.4) is 0 Å². The number of benzene rings is 2. The number of nitrogens with zero attached hydrogens (tertiary/aromatic N) is 1. The van der Waals surface area contributed by atoms with Gasteiger partial charge in [-0.2, -0.15) is 0 Å². The average Bonchev–Trinajstić information content (AvgIpc) is 3.18. The van der Waals surface area contributed by atoms with Gasteiger partial charge in [-0.1, -0.05) is 6.92 Å². The lowest BCUT2D eigenvalue weighted by Gasteiger charge is -2.18. The van der Waals surface area contributed by atoms with E-state index in [4.69, 9.17) is 0 Å². The van der Waals surface area contributed by atoms with Crippen molar-refractivity contribution in [1.29, 1.82) is 0 Å². The minimum atomic E-state index is -4.16. The third-order valence-electron chi connectivity index (χ3n) is 4.95. The highest BCUT2D eigenvalue weighted by atomic mass is 79.9. The van der Waals surface area contributed by atoms with Crippen molar-refractivity contribution in [3.8, 4) is 0 Å². The van der Waals surface area contributed by atoms with Crippen molar-refractivity contribution < 1.29 is 32.3 Å². The number of carbonyl (C=O) groups excluding carboxylic acids is 3. The predicted octanol–water partition coefficient (Wildman–Crippen LogP) is 3.12. The second kappa shape index (κ2) is 9.29. The number of nitrogens with one attached hydrogen (secondary N) is 1. The normalized spacial score (nSPS) is 12.8. The molecule has 1 amide bonds. The highest BCUT2D eigenvalue weighted by Crippen LogP contribution is 2.36. The van der Waals surface area contributed by atoms with Crippen LogP contribution in [0.1, 0.15) is 39.6 Å². The molecule has 9 nitrogen and oxygen atoms in total. The Morgan fingerprint density at radius 1 is 1.03 bits per heavy atom. The van der Waals surface area contributed by atoms with E-state index in [0.717, 1.165) is 5.56 Å². The molecule has 0 radical (unpaired) electrons. The number of fused-ring (bicyclic) bond motifs is 1. The number of halogens is 1. The Hall–Kier alpha value is -2.92. The van der Waals surface area contributed by atoms with Crippen molar-refractivity contribution in [3.05, 3.63) is 51.5 Å². The first-order chi connectivity index (χ1) is 15.1. The average molecular weight is 525 g/mol. The summed E-state index contributed by atoms with van der Waals surface area (Å²) in [6.45, 7) is 2.22. The lowest BCUT2D eigenvalue weighted by Crippen LogP contribution is -2.28. The molecular weight excluding hydrogens is 504 g/mol. The first kappa shape index (κ1) is 23.7. The van der Waals surface area contributed by atoms with Crippen LogP contribution in [-0.4, -0.2) is 47.0 Å². The van der Waals surface area contributed by atoms with E-state index in [2.05, 4.69) is 30.1 Å². The molecule has 1 heterocycles. The molecule has 0 bridgehead atoms. The summed E-state index contributed by atoms with van der Waals surface area (Å²) in [5.41, 5.74) is 1.32. The van der Waals surface area contributed by atoms with Gasteiger partial charge in [-0.3, -0.25) is 9.52 Å². The molecule has 0 fully saturated rings. The van der Waals surface area contributed by atoms with Gasteiger partial charge in [0.25, 0.3) is 10.0 Å². The zero-order valence-corrected chi connectivity index (χ0v) is 20.0. The van der Waals surface area contributed by atoms with Crippen LogP contribution in [0.25, 0.3) is 0 Å². The molecule has 1 N–H and O–H groups in total. The minimum Gasteiger partial charge on any atom is -0.465 e. The number of methoxy groups -OCH3 is 2. The van der Waals surface area contributed by atoms with Gasteiger partial charge in [0.1, 0.15) is 4.90 Å². The van der Waals surface area contributed by atoms with Gasteiger partial charge in [0.05, 0.1) is 31.0 Å². The van der Waals surface area contributed by atoms with Crippen LogP contribution in [0.2, 0.25) is 0 Å². The minimum absolute atomic E-state index is 0.0258. The first-order valence-corrected chi connectivity index (χ1v) is 11.9. The Labute approximate surface area is 193 Å². The molecule has 3 rings (SSSR count). The van der Waals surface area contributed by atoms with E-state index < -0.39 is 22.0 Å². The van der Waals surface area contributed by atoms with Gasteiger partial charge >= 0.3 is 11.9 Å². The number of ether oxygens (including phenoxy) is 2. The van der Waals surface area contributed by atoms with Gasteiger partial charge in [0.15, 0.2) is 0 Å². The maximum atomic E-state index is 13.2. The van der Waals surface area contributed by atoms with Crippen LogP contribution in [0.4, 0.5) is 11.4 Å². The molecule has 0 saturated heterocycles. The molecule has 0 unspecified atom stereocenters. The fraction of sp³-hybridized carbons (Fsp3) is 0.286. The quantitative estimate of drug-likeness (QED) is 0.576. The summed E-state index contributed by atoms with van der Waals surface area (Å²) in [5.74, 6) is -1.59. The van der Waals surface area contributed by atoms with E-state index in [1.165, 1.54) is 38.5 Å². The van der Waals surface area contributed by atoms with Crippen molar-refractivity contribution in [2.75, 3.05) is 30.4 Å². The van der Waals surface area contributed by atoms with E-state index >= 15 is 0 Å². The maximum Gasteiger partial charge on any atom is 0.337 e. The zero-order valence-electron chi connectivity index (χ0n) is 17.6. The maximum absolute atomic E-state index is 13.2. The number of rotatable bonds is 6. The van der Waals surface area contributed by atoms with E-state index in [1.807, 2.05) is 0 Å². The Morgan fingerprint density at radius 3 is 2.16 bits per heavy atom. The van der Waals surface area contributed by atoms with Crippen molar-refractivity contribution in [2.24, 2.45) is 0 Å². The molecule has 0 atom stereocenters. The topological polar surface area (TPSA) is 119 Å². The molecule has 11 heteroatoms. The summed E-state index contributed by atoms with van der Waals surface area (Å²) >= 11 is 3.30. The van der Waals surface area contributed by atoms with Gasteiger partial charge in [0.2, 0.25) is 5.91 Å². The lowest BCUT2D eigenvalue weighted by molar-refractivity contribution is -0.118. The largest absolute Gasteiger partial charge is 0.465 e. The molecule has 0 saturated carbocycles. The highest BCUT2D eigenvalue weighted by molar-refractivity contribution is 9.10. The number of hydrogen-bond acceptors (Lipinski definition) is 7. The van der Waals surface area contributed by atoms with E-state index in [9.17, 15) is 22.8 Å². The molecule has 0 aromatic heterocycles. The van der Waals surface area contributed by atoms with Crippen molar-refractivity contribution in [3.63, 3.8) is 0 Å². The molecule has 32 heavy (non-hydrogen) atoms. The second-order valence-electron chi connectivity index (χ2n) is 6.95. The summed E-state index contributed by atoms with van der Waals surface area (Å²) in [4.78, 5) is 37.7. The molecule has 2 aromatic rings. The molecule has 2 aromatic carbocycles. The van der Waals surface area contributed by atoms with Gasteiger partial charge in [-0.15, -0.1) is 0 Å². The monoisotopic (exact) mass is 524 g/mol. The SMILES string of the molecule is CCC(=O)N1CCc2cc(Br)c(S(=O)(=O)Nc3cc(C(=O)OC)cc(C(=O)OC)c3)cc21. The Morgan fingerprint density at radius 2 is 1.62 bits per heavy atom. The summed E-state index contributed by atoms with van der Waals surface area (Å²) in [7, 11) is -1.82. The van der Waals surface area contributed by atoms with Crippen molar-refractivity contribution >= 4 is 55.2 Å². The number of amides is 1. The van der Waals surface area contributed by atoms with E-state index in [0.29, 0.717) is 29.5 Å². The Balaban J connectivity index is 2.04. The second-order valence-corrected chi connectivity index (χ2v) is 9.45. The first-order valence-electron chi connectivity index (χ1n) is 9.58. The van der Waals surface area contributed by atoms with E-state index in [1.54, 1.807) is 17.9 Å². The summed E-state index contributed by atoms with van der Waals surface area (Å²) in [6.07, 6.45) is 0.920. The smallest absolute Gasteiger partial charge is 0.337 e. The summed E-state index contributed by atoms with van der Waals surface area (Å²) < 4.78 is 38.4. The molecule has 170 valence electrons. The number of sulfonamides is 1. The van der Waals surface area contributed by atoms with Crippen LogP contribution in [0.15, 0.2) is 39.7 Å². The van der Waals surface area contributed by atoms with Crippen LogP contribution in [-0.2, 0) is 30.7 Å². The van der Waals surface area contributed by atoms with Gasteiger partial charge in [-0.25, -0.2) is 18.0 Å². The Kier molecular flexibility index (Phi) is 6.89. The number of hydrogen-bond donors (Lipinski definition) is 1. The van der Waals surface area contributed by atoms with Crippen molar-refractivity contribution in [1.82, 2.24) is 0 Å². The van der Waals surface area contributed by atoms with Crippen LogP contribution in [0.5, 0.6) is 0 Å². The number of esters is 2. The van der Waals surface area contributed by atoms with Crippen LogP contribution >= 0.6 is 15.9 Å². The fourth-order valence-corrected chi connectivity index (χ4v) is 5.56. The van der Waals surface area contributed by atoms with Crippen LogP contribution < -0.4 is 9.62 Å².